The molecule has 3 aromatic rings. The number of alkyl carbamates (subject to hydrolysis) is 1. The maximum absolute atomic E-state index is 13.4. The molecule has 2 heterocycles. The summed E-state index contributed by atoms with van der Waals surface area (Å²) >= 11 is 2.38. The van der Waals surface area contributed by atoms with E-state index in [1.54, 1.807) is 0 Å². The van der Waals surface area contributed by atoms with Crippen molar-refractivity contribution < 1.29 is 14.3 Å². The second-order valence-corrected chi connectivity index (χ2v) is 12.4. The molecule has 0 saturated carbocycles. The van der Waals surface area contributed by atoms with Crippen molar-refractivity contribution in [2.45, 2.75) is 65.0 Å². The van der Waals surface area contributed by atoms with E-state index in [9.17, 15) is 9.59 Å². The van der Waals surface area contributed by atoms with E-state index in [0.29, 0.717) is 6.54 Å². The van der Waals surface area contributed by atoms with Crippen LogP contribution in [-0.2, 0) is 14.9 Å². The summed E-state index contributed by atoms with van der Waals surface area (Å²) < 4.78 is 5.92. The smallest absolute Gasteiger partial charge is 0.407 e. The average molecular weight is 629 g/mol. The van der Waals surface area contributed by atoms with Gasteiger partial charge in [-0.1, -0.05) is 65.0 Å². The summed E-state index contributed by atoms with van der Waals surface area (Å²) in [6.45, 7) is 11.1. The summed E-state index contributed by atoms with van der Waals surface area (Å²) in [6.07, 6.45) is 2.95. The van der Waals surface area contributed by atoms with Crippen LogP contribution >= 0.6 is 22.6 Å². The van der Waals surface area contributed by atoms with E-state index >= 15 is 0 Å². The third-order valence-corrected chi connectivity index (χ3v) is 8.12. The van der Waals surface area contributed by atoms with E-state index in [1.807, 2.05) is 24.9 Å². The van der Waals surface area contributed by atoms with Crippen molar-refractivity contribution in [1.29, 1.82) is 0 Å². The van der Waals surface area contributed by atoms with Crippen LogP contribution in [0.15, 0.2) is 48.7 Å². The van der Waals surface area contributed by atoms with Gasteiger partial charge >= 0.3 is 6.09 Å². The fraction of sp³-hybridized carbons (Fsp3) is 0.433. The van der Waals surface area contributed by atoms with E-state index < -0.39 is 12.1 Å². The normalized spacial score (nSPS) is 16.5. The lowest BCUT2D eigenvalue weighted by atomic mass is 9.86. The number of nitrogens with one attached hydrogen (secondary N) is 2. The highest BCUT2D eigenvalue weighted by Crippen LogP contribution is 2.35. The van der Waals surface area contributed by atoms with Crippen molar-refractivity contribution in [2.24, 2.45) is 5.92 Å². The number of aromatic nitrogens is 2. The minimum absolute atomic E-state index is 0.0716. The van der Waals surface area contributed by atoms with Crippen LogP contribution < -0.4 is 5.32 Å². The summed E-state index contributed by atoms with van der Waals surface area (Å²) in [6, 6.07) is 14.4. The van der Waals surface area contributed by atoms with Gasteiger partial charge in [-0.3, -0.25) is 4.79 Å². The Hall–Kier alpha value is -2.88. The van der Waals surface area contributed by atoms with E-state index in [4.69, 9.17) is 4.74 Å². The average Bonchev–Trinajstić information content (AvgIpc) is 3.56. The Morgan fingerprint density at radius 3 is 2.45 bits per heavy atom. The molecule has 0 radical (unpaired) electrons. The molecule has 0 aliphatic carbocycles. The van der Waals surface area contributed by atoms with E-state index in [1.165, 1.54) is 27.4 Å². The number of hydrogen-bond acceptors (Lipinski definition) is 4. The highest BCUT2D eigenvalue weighted by Gasteiger charge is 2.37. The van der Waals surface area contributed by atoms with Crippen molar-refractivity contribution in [3.05, 3.63) is 63.6 Å². The largest absolute Gasteiger partial charge is 0.453 e. The number of rotatable bonds is 6. The van der Waals surface area contributed by atoms with E-state index in [2.05, 4.69) is 101 Å². The van der Waals surface area contributed by atoms with Gasteiger partial charge in [0.25, 0.3) is 0 Å². The molecule has 2 amide bonds. The fourth-order valence-corrected chi connectivity index (χ4v) is 5.56. The molecule has 2 N–H and O–H groups in total. The molecule has 1 aliphatic heterocycles. The SMILES string of the molecule is COC(=O)N[C@H](C(=O)N1CCCC1c1ncc(-c2ccc(I)c(-c3ccc(C(C)(C)C)cc3)c2)[nH]1)C(C)C. The van der Waals surface area contributed by atoms with Crippen LogP contribution in [-0.4, -0.2) is 46.6 Å². The maximum atomic E-state index is 13.4. The summed E-state index contributed by atoms with van der Waals surface area (Å²) in [7, 11) is 1.30. The Balaban J connectivity index is 1.58. The predicted octanol–water partition coefficient (Wildman–Crippen LogP) is 6.69. The molecule has 202 valence electrons. The van der Waals surface area contributed by atoms with Crippen molar-refractivity contribution in [3.63, 3.8) is 0 Å². The third kappa shape index (κ3) is 6.06. The Labute approximate surface area is 238 Å². The van der Waals surface area contributed by atoms with Gasteiger partial charge in [-0.25, -0.2) is 9.78 Å². The summed E-state index contributed by atoms with van der Waals surface area (Å²) in [4.78, 5) is 35.3. The molecule has 1 aliphatic rings. The zero-order valence-electron chi connectivity index (χ0n) is 23.0. The first-order valence-corrected chi connectivity index (χ1v) is 14.2. The molecule has 2 atom stereocenters. The van der Waals surface area contributed by atoms with Gasteiger partial charge in [0.1, 0.15) is 11.9 Å². The first-order chi connectivity index (χ1) is 18.0. The van der Waals surface area contributed by atoms with E-state index in [0.717, 1.165) is 29.9 Å². The molecule has 2 aromatic carbocycles. The first kappa shape index (κ1) is 28.1. The molecule has 1 aromatic heterocycles. The second kappa shape index (κ2) is 11.5. The van der Waals surface area contributed by atoms with Crippen molar-refractivity contribution >= 4 is 34.6 Å². The Bertz CT molecular complexity index is 1290. The quantitative estimate of drug-likeness (QED) is 0.298. The van der Waals surface area contributed by atoms with E-state index in [-0.39, 0.29) is 23.3 Å². The highest BCUT2D eigenvalue weighted by atomic mass is 127. The third-order valence-electron chi connectivity index (χ3n) is 7.18. The van der Waals surface area contributed by atoms with Crippen LogP contribution in [0.25, 0.3) is 22.4 Å². The van der Waals surface area contributed by atoms with Gasteiger partial charge in [-0.15, -0.1) is 0 Å². The van der Waals surface area contributed by atoms with Crippen molar-refractivity contribution in [2.75, 3.05) is 13.7 Å². The highest BCUT2D eigenvalue weighted by molar-refractivity contribution is 14.1. The minimum Gasteiger partial charge on any atom is -0.453 e. The number of likely N-dealkylation sites (tertiary alicyclic amines) is 1. The number of benzene rings is 2. The van der Waals surface area contributed by atoms with Gasteiger partial charge in [-0.05, 0) is 75.6 Å². The molecule has 4 rings (SSSR count). The van der Waals surface area contributed by atoms with Gasteiger partial charge < -0.3 is 19.9 Å². The van der Waals surface area contributed by atoms with Crippen LogP contribution in [0.5, 0.6) is 0 Å². The molecule has 38 heavy (non-hydrogen) atoms. The number of carbonyl (C=O) groups excluding carboxylic acids is 2. The Morgan fingerprint density at radius 1 is 1.13 bits per heavy atom. The van der Waals surface area contributed by atoms with Crippen molar-refractivity contribution in [1.82, 2.24) is 20.2 Å². The molecule has 8 heteroatoms. The standard InChI is InChI=1S/C30H37IN4O3/c1-18(2)26(34-29(37)38-6)28(36)35-15-7-8-25(35)27-32-17-24(33-27)20-11-14-23(31)22(16-20)19-9-12-21(13-10-19)30(3,4)5/h9-14,16-18,25-26H,7-8,15H2,1-6H3,(H,32,33)(H,34,37)/t25?,26-/m0/s1. The first-order valence-electron chi connectivity index (χ1n) is 13.1. The fourth-order valence-electron chi connectivity index (χ4n) is 4.91. The Morgan fingerprint density at radius 2 is 1.82 bits per heavy atom. The summed E-state index contributed by atoms with van der Waals surface area (Å²) in [5, 5.41) is 2.70. The molecule has 0 spiro atoms. The Kier molecular flexibility index (Phi) is 8.49. The lowest BCUT2D eigenvalue weighted by Gasteiger charge is -2.30. The number of aromatic amines is 1. The van der Waals surface area contributed by atoms with Crippen LogP contribution in [0.4, 0.5) is 4.79 Å². The number of halogens is 1. The van der Waals surface area contributed by atoms with Gasteiger partial charge in [-0.2, -0.15) is 0 Å². The van der Waals surface area contributed by atoms with Gasteiger partial charge in [0.05, 0.1) is 25.0 Å². The predicted molar refractivity (Wildman–Crippen MR) is 159 cm³/mol. The number of H-pyrrole nitrogens is 1. The zero-order valence-corrected chi connectivity index (χ0v) is 25.1. The number of hydrogen-bond donors (Lipinski definition) is 2. The van der Waals surface area contributed by atoms with Crippen LogP contribution in [0.3, 0.4) is 0 Å². The molecule has 1 unspecified atom stereocenters. The topological polar surface area (TPSA) is 87.3 Å². The lowest BCUT2D eigenvalue weighted by Crippen LogP contribution is -2.51. The van der Waals surface area contributed by atoms with Crippen molar-refractivity contribution in [3.8, 4) is 22.4 Å². The molecule has 1 fully saturated rings. The number of carbonyl (C=O) groups is 2. The maximum Gasteiger partial charge on any atom is 0.407 e. The minimum atomic E-state index is -0.652. The molecule has 1 saturated heterocycles. The van der Waals surface area contributed by atoms with Crippen LogP contribution in [0.2, 0.25) is 0 Å². The number of methoxy groups -OCH3 is 1. The number of amides is 2. The number of imidazole rings is 1. The van der Waals surface area contributed by atoms with Crippen LogP contribution in [0.1, 0.15) is 64.9 Å². The zero-order chi connectivity index (χ0) is 27.6. The monoisotopic (exact) mass is 628 g/mol. The lowest BCUT2D eigenvalue weighted by molar-refractivity contribution is -0.135. The summed E-state index contributed by atoms with van der Waals surface area (Å²) in [5.74, 6) is 0.583. The molecule has 0 bridgehead atoms. The second-order valence-electron chi connectivity index (χ2n) is 11.3. The molecular formula is C30H37IN4O3. The van der Waals surface area contributed by atoms with Gasteiger partial charge in [0.15, 0.2) is 0 Å². The van der Waals surface area contributed by atoms with Gasteiger partial charge in [0.2, 0.25) is 5.91 Å². The molecular weight excluding hydrogens is 591 g/mol. The summed E-state index contributed by atoms with van der Waals surface area (Å²) in [5.41, 5.74) is 5.72. The van der Waals surface area contributed by atoms with Crippen LogP contribution in [0, 0.1) is 9.49 Å². The molecule has 7 nitrogen and oxygen atoms in total. The van der Waals surface area contributed by atoms with Gasteiger partial charge in [0, 0.05) is 15.7 Å². The number of ether oxygens (including phenoxy) is 1. The number of nitrogens with zero attached hydrogens (tertiary/aromatic N) is 2.